The van der Waals surface area contributed by atoms with Crippen molar-refractivity contribution in [3.8, 4) is 11.5 Å². The Morgan fingerprint density at radius 1 is 1.05 bits per heavy atom. The van der Waals surface area contributed by atoms with Crippen LogP contribution < -0.4 is 19.7 Å². The van der Waals surface area contributed by atoms with E-state index in [1.54, 1.807) is 36.1 Å². The van der Waals surface area contributed by atoms with Gasteiger partial charge in [-0.1, -0.05) is 6.07 Å². The first kappa shape index (κ1) is 26.9. The summed E-state index contributed by atoms with van der Waals surface area (Å²) >= 11 is 7.96. The Morgan fingerprint density at radius 2 is 1.77 bits per heavy atom. The highest BCUT2D eigenvalue weighted by Gasteiger charge is 2.44. The fourth-order valence-electron chi connectivity index (χ4n) is 4.37. The lowest BCUT2D eigenvalue weighted by molar-refractivity contribution is -0.124. The number of hydrogen-bond donors (Lipinski definition) is 1. The molecule has 1 fully saturated rings. The lowest BCUT2D eigenvalue weighted by atomic mass is 10.1. The molecule has 0 spiro atoms. The number of anilines is 2. The third kappa shape index (κ3) is 5.83. The molecular weight excluding hydrogens is 633 g/mol. The summed E-state index contributed by atoms with van der Waals surface area (Å²) in [4.78, 5) is 42.0. The molecule has 200 valence electrons. The molecule has 3 aromatic carbocycles. The third-order valence-corrected chi connectivity index (χ3v) is 7.39. The molecule has 2 aliphatic heterocycles. The number of carbonyl (C=O) groups excluding carboxylic acids is 3. The van der Waals surface area contributed by atoms with Crippen LogP contribution in [0.15, 0.2) is 66.7 Å². The Labute approximate surface area is 244 Å². The number of carbonyl (C=O) groups is 3. The van der Waals surface area contributed by atoms with Gasteiger partial charge in [-0.05, 0) is 108 Å². The van der Waals surface area contributed by atoms with Crippen LogP contribution in [0.4, 0.5) is 11.4 Å². The highest BCUT2D eigenvalue weighted by Crippen LogP contribution is 2.35. The number of rotatable bonds is 8. The third-order valence-electron chi connectivity index (χ3n) is 6.25. The van der Waals surface area contributed by atoms with Crippen molar-refractivity contribution in [1.82, 2.24) is 4.90 Å². The predicted molar refractivity (Wildman–Crippen MR) is 157 cm³/mol. The molecule has 1 saturated heterocycles. The van der Waals surface area contributed by atoms with Crippen LogP contribution in [-0.2, 0) is 20.9 Å². The number of hydrogen-bond acceptors (Lipinski definition) is 7. The van der Waals surface area contributed by atoms with E-state index in [2.05, 4.69) is 27.9 Å². The van der Waals surface area contributed by atoms with Gasteiger partial charge >= 0.3 is 5.97 Å². The van der Waals surface area contributed by atoms with Crippen molar-refractivity contribution in [2.45, 2.75) is 25.9 Å². The van der Waals surface area contributed by atoms with Gasteiger partial charge in [-0.25, -0.2) is 4.79 Å². The molecule has 1 unspecified atom stereocenters. The first-order valence-corrected chi connectivity index (χ1v) is 13.7. The van der Waals surface area contributed by atoms with E-state index in [0.717, 1.165) is 9.13 Å². The van der Waals surface area contributed by atoms with Gasteiger partial charge in [-0.15, -0.1) is 0 Å². The van der Waals surface area contributed by atoms with Gasteiger partial charge in [0.25, 0.3) is 5.91 Å². The molecule has 2 heterocycles. The number of nitrogens with one attached hydrogen (secondary N) is 1. The number of esters is 1. The van der Waals surface area contributed by atoms with E-state index in [9.17, 15) is 14.4 Å². The minimum atomic E-state index is -0.837. The van der Waals surface area contributed by atoms with Gasteiger partial charge < -0.3 is 24.4 Å². The van der Waals surface area contributed by atoms with Crippen molar-refractivity contribution in [2.75, 3.05) is 23.6 Å². The summed E-state index contributed by atoms with van der Waals surface area (Å²) < 4.78 is 17.0. The predicted octanol–water partition coefficient (Wildman–Crippen LogP) is 4.73. The highest BCUT2D eigenvalue weighted by atomic mass is 127. The zero-order chi connectivity index (χ0) is 27.5. The van der Waals surface area contributed by atoms with Gasteiger partial charge in [0, 0.05) is 15.8 Å². The summed E-state index contributed by atoms with van der Waals surface area (Å²) in [6.07, 6.45) is -0.104. The van der Waals surface area contributed by atoms with E-state index in [4.69, 9.17) is 26.4 Å². The van der Waals surface area contributed by atoms with Crippen molar-refractivity contribution < 1.29 is 28.6 Å². The average molecular weight is 657 g/mol. The van der Waals surface area contributed by atoms with Crippen LogP contribution in [0, 0.1) is 3.57 Å². The maximum atomic E-state index is 13.7. The normalized spacial score (nSPS) is 16.0. The molecule has 2 aliphatic rings. The molecule has 0 saturated carbocycles. The summed E-state index contributed by atoms with van der Waals surface area (Å²) in [7, 11) is 0. The Bertz CT molecular complexity index is 1430. The van der Waals surface area contributed by atoms with Crippen molar-refractivity contribution in [1.29, 1.82) is 0 Å². The molecule has 0 aromatic heterocycles. The first-order valence-electron chi connectivity index (χ1n) is 12.2. The van der Waals surface area contributed by atoms with E-state index in [1.165, 1.54) is 4.90 Å². The zero-order valence-electron chi connectivity index (χ0n) is 20.9. The molecule has 11 heteroatoms. The monoisotopic (exact) mass is 657 g/mol. The Hall–Kier alpha value is -3.71. The lowest BCUT2D eigenvalue weighted by Gasteiger charge is -2.24. The molecule has 9 nitrogen and oxygen atoms in total. The van der Waals surface area contributed by atoms with Crippen LogP contribution in [0.25, 0.3) is 0 Å². The van der Waals surface area contributed by atoms with E-state index < -0.39 is 12.0 Å². The Balaban J connectivity index is 1.40. The molecule has 0 aliphatic carbocycles. The summed E-state index contributed by atoms with van der Waals surface area (Å²) in [5, 5.41) is 3.12. The second-order valence-corrected chi connectivity index (χ2v) is 10.4. The fourth-order valence-corrected chi connectivity index (χ4v) is 5.12. The van der Waals surface area contributed by atoms with Gasteiger partial charge in [0.15, 0.2) is 16.6 Å². The highest BCUT2D eigenvalue weighted by molar-refractivity contribution is 14.1. The van der Waals surface area contributed by atoms with Gasteiger partial charge in [0.2, 0.25) is 12.7 Å². The fraction of sp³-hybridized carbons (Fsp3) is 0.214. The van der Waals surface area contributed by atoms with Gasteiger partial charge in [0.1, 0.15) is 6.04 Å². The number of halogens is 1. The molecular formula is C28H24IN3O6S. The summed E-state index contributed by atoms with van der Waals surface area (Å²) in [5.41, 5.74) is 2.34. The van der Waals surface area contributed by atoms with Gasteiger partial charge in [-0.2, -0.15) is 0 Å². The number of thiocarbonyl (C=S) groups is 1. The van der Waals surface area contributed by atoms with Gasteiger partial charge in [-0.3, -0.25) is 14.5 Å². The number of amides is 2. The number of fused-ring (bicyclic) bond motifs is 1. The average Bonchev–Trinajstić information content (AvgIpc) is 3.48. The van der Waals surface area contributed by atoms with E-state index in [0.29, 0.717) is 28.4 Å². The van der Waals surface area contributed by atoms with Crippen LogP contribution in [0.3, 0.4) is 0 Å². The number of benzene rings is 3. The molecule has 0 radical (unpaired) electrons. The second-order valence-electron chi connectivity index (χ2n) is 8.81. The maximum absolute atomic E-state index is 13.7. The molecule has 3 aromatic rings. The first-order chi connectivity index (χ1) is 18.8. The number of nitrogens with zero attached hydrogens (tertiary/aromatic N) is 2. The van der Waals surface area contributed by atoms with Gasteiger partial charge in [0.05, 0.1) is 24.3 Å². The van der Waals surface area contributed by atoms with E-state index >= 15 is 0 Å². The smallest absolute Gasteiger partial charge is 0.338 e. The Morgan fingerprint density at radius 3 is 2.49 bits per heavy atom. The van der Waals surface area contributed by atoms with E-state index in [-0.39, 0.29) is 43.3 Å². The molecule has 5 rings (SSSR count). The minimum absolute atomic E-state index is 0.104. The topological polar surface area (TPSA) is 97.4 Å². The van der Waals surface area contributed by atoms with Crippen LogP contribution in [-0.4, -0.2) is 47.2 Å². The van der Waals surface area contributed by atoms with Crippen LogP contribution in [0.2, 0.25) is 0 Å². The summed E-state index contributed by atoms with van der Waals surface area (Å²) in [6, 6.07) is 18.5. The summed E-state index contributed by atoms with van der Waals surface area (Å²) in [5.74, 6) is 0.169. The number of ether oxygens (including phenoxy) is 3. The molecule has 1 N–H and O–H groups in total. The summed E-state index contributed by atoms with van der Waals surface area (Å²) in [6.45, 7) is 2.42. The zero-order valence-corrected chi connectivity index (χ0v) is 23.9. The molecule has 2 amide bonds. The van der Waals surface area contributed by atoms with E-state index in [1.807, 2.05) is 42.5 Å². The van der Waals surface area contributed by atoms with Crippen LogP contribution in [0.5, 0.6) is 11.5 Å². The standard InChI is InChI=1S/C28H24IN3O6S/c1-2-36-27(35)18-4-10-21(11-5-18)32-26(34)22(14-25(33)30-20-8-6-19(29)7-9-20)31(28(32)39)15-17-3-12-23-24(13-17)38-16-37-23/h3-13,22H,2,14-16H2,1H3,(H,30,33). The van der Waals surface area contributed by atoms with Crippen LogP contribution in [0.1, 0.15) is 29.3 Å². The maximum Gasteiger partial charge on any atom is 0.338 e. The largest absolute Gasteiger partial charge is 0.462 e. The van der Waals surface area contributed by atoms with Crippen LogP contribution >= 0.6 is 34.8 Å². The second kappa shape index (κ2) is 11.6. The van der Waals surface area contributed by atoms with Crippen molar-refractivity contribution in [2.24, 2.45) is 0 Å². The molecule has 0 bridgehead atoms. The SMILES string of the molecule is CCOC(=O)c1ccc(N2C(=O)C(CC(=O)Nc3ccc(I)cc3)N(Cc3ccc4c(c3)OCO4)C2=S)cc1. The molecule has 1 atom stereocenters. The van der Waals surface area contributed by atoms with Crippen molar-refractivity contribution in [3.63, 3.8) is 0 Å². The molecule has 39 heavy (non-hydrogen) atoms. The van der Waals surface area contributed by atoms with Crippen molar-refractivity contribution >= 4 is 69.1 Å². The quantitative estimate of drug-likeness (QED) is 0.211. The lowest BCUT2D eigenvalue weighted by Crippen LogP contribution is -2.37. The minimum Gasteiger partial charge on any atom is -0.462 e. The Kier molecular flexibility index (Phi) is 7.98. The van der Waals surface area contributed by atoms with Crippen molar-refractivity contribution in [3.05, 3.63) is 81.4 Å².